The molecule has 33 heavy (non-hydrogen) atoms. The number of amidine groups is 1. The molecule has 3 heterocycles. The molecule has 3 aliphatic rings. The highest BCUT2D eigenvalue weighted by Crippen LogP contribution is 2.30. The summed E-state index contributed by atoms with van der Waals surface area (Å²) in [6.45, 7) is 3.94. The minimum atomic E-state index is -0.373. The number of benzene rings is 1. The Morgan fingerprint density at radius 3 is 2.61 bits per heavy atom. The van der Waals surface area contributed by atoms with Crippen molar-refractivity contribution in [2.24, 2.45) is 11.0 Å². The molecule has 0 bridgehead atoms. The Bertz CT molecular complexity index is 919. The maximum atomic E-state index is 13.4. The second kappa shape index (κ2) is 10.5. The molecule has 3 aliphatic heterocycles. The van der Waals surface area contributed by atoms with Gasteiger partial charge in [0.05, 0.1) is 25.6 Å². The highest BCUT2D eigenvalue weighted by atomic mass is 35.5. The molecular weight excluding hydrogens is 442 g/mol. The summed E-state index contributed by atoms with van der Waals surface area (Å²) in [5.74, 6) is 1.04. The van der Waals surface area contributed by atoms with Gasteiger partial charge in [-0.15, -0.1) is 0 Å². The van der Waals surface area contributed by atoms with E-state index in [9.17, 15) is 9.59 Å². The lowest BCUT2D eigenvalue weighted by Crippen LogP contribution is -2.47. The van der Waals surface area contributed by atoms with Crippen molar-refractivity contribution in [3.8, 4) is 0 Å². The Morgan fingerprint density at radius 1 is 1.09 bits per heavy atom. The average molecular weight is 474 g/mol. The van der Waals surface area contributed by atoms with Crippen LogP contribution < -0.4 is 0 Å². The fourth-order valence-corrected chi connectivity index (χ4v) is 5.00. The van der Waals surface area contributed by atoms with Gasteiger partial charge in [0.1, 0.15) is 5.84 Å². The summed E-state index contributed by atoms with van der Waals surface area (Å²) in [6.07, 6.45) is 6.14. The van der Waals surface area contributed by atoms with Gasteiger partial charge in [0.15, 0.2) is 0 Å². The molecule has 2 atom stereocenters. The van der Waals surface area contributed by atoms with Crippen molar-refractivity contribution in [1.29, 1.82) is 0 Å². The van der Waals surface area contributed by atoms with Gasteiger partial charge in [-0.05, 0) is 43.0 Å². The van der Waals surface area contributed by atoms with Crippen LogP contribution in [0.1, 0.15) is 30.9 Å². The number of rotatable bonds is 2. The van der Waals surface area contributed by atoms with Crippen molar-refractivity contribution in [2.75, 3.05) is 53.4 Å². The summed E-state index contributed by atoms with van der Waals surface area (Å²) in [6, 6.07) is 7.51. The number of methoxy groups -OCH3 is 1. The van der Waals surface area contributed by atoms with Crippen LogP contribution in [-0.4, -0.2) is 91.0 Å². The number of hydrogen-bond donors (Lipinski definition) is 0. The van der Waals surface area contributed by atoms with Crippen molar-refractivity contribution >= 4 is 29.4 Å². The van der Waals surface area contributed by atoms with Crippen molar-refractivity contribution < 1.29 is 14.3 Å². The summed E-state index contributed by atoms with van der Waals surface area (Å²) in [4.78, 5) is 31.8. The van der Waals surface area contributed by atoms with Crippen molar-refractivity contribution in [3.05, 3.63) is 47.0 Å². The largest absolute Gasteiger partial charge is 0.453 e. The molecule has 2 saturated heterocycles. The first kappa shape index (κ1) is 23.4. The van der Waals surface area contributed by atoms with Crippen LogP contribution in [0.3, 0.4) is 0 Å². The number of carbonyl (C=O) groups is 2. The van der Waals surface area contributed by atoms with Crippen LogP contribution in [0.2, 0.25) is 5.02 Å². The lowest BCUT2D eigenvalue weighted by atomic mass is 9.98. The highest BCUT2D eigenvalue weighted by Gasteiger charge is 2.35. The van der Waals surface area contributed by atoms with E-state index in [2.05, 4.69) is 16.1 Å². The number of halogens is 1. The topological polar surface area (TPSA) is 68.7 Å². The van der Waals surface area contributed by atoms with Gasteiger partial charge in [-0.1, -0.05) is 29.8 Å². The van der Waals surface area contributed by atoms with Crippen LogP contribution in [0.15, 0.2) is 41.5 Å². The Balaban J connectivity index is 1.41. The van der Waals surface area contributed by atoms with Gasteiger partial charge in [-0.3, -0.25) is 14.7 Å². The number of likely N-dealkylation sites (N-methyl/N-ethyl adjacent to an activating group) is 1. The molecule has 2 fully saturated rings. The zero-order valence-electron chi connectivity index (χ0n) is 19.3. The molecule has 0 aliphatic carbocycles. The molecule has 2 amide bonds. The minimum Gasteiger partial charge on any atom is -0.453 e. The fraction of sp³-hybridized carbons (Fsp3) is 0.542. The van der Waals surface area contributed by atoms with Gasteiger partial charge in [0.2, 0.25) is 5.91 Å². The molecular formula is C24H32ClN5O3. The maximum Gasteiger partial charge on any atom is 0.410 e. The number of amides is 2. The van der Waals surface area contributed by atoms with Gasteiger partial charge in [-0.25, -0.2) is 4.79 Å². The van der Waals surface area contributed by atoms with Gasteiger partial charge < -0.3 is 14.5 Å². The standard InChI is InChI=1S/C24H32ClN5O3/c1-27-12-4-6-22(26-27)29-14-11-19(17-29)23(31)28-13-3-5-21(18-7-9-20(25)10-8-18)30(16-15-28)24(32)33-2/h4,6-10,19,21H,3,5,11-17H2,1-2H3. The monoisotopic (exact) mass is 473 g/mol. The predicted octanol–water partition coefficient (Wildman–Crippen LogP) is 3.21. The molecule has 1 aromatic rings. The SMILES string of the molecule is COC(=O)N1CCN(C(=O)C2CCN(C3=NN(C)CC=C3)C2)CCCC1c1ccc(Cl)cc1. The number of hydrazone groups is 1. The van der Waals surface area contributed by atoms with Crippen LogP contribution in [0.4, 0.5) is 4.79 Å². The first-order chi connectivity index (χ1) is 16.0. The number of ether oxygens (including phenoxy) is 1. The van der Waals surface area contributed by atoms with E-state index >= 15 is 0 Å². The first-order valence-corrected chi connectivity index (χ1v) is 11.9. The number of carbonyl (C=O) groups excluding carboxylic acids is 2. The fourth-order valence-electron chi connectivity index (χ4n) is 4.87. The third-order valence-electron chi connectivity index (χ3n) is 6.64. The van der Waals surface area contributed by atoms with Gasteiger partial charge in [0.25, 0.3) is 0 Å². The number of nitrogens with zero attached hydrogens (tertiary/aromatic N) is 5. The summed E-state index contributed by atoms with van der Waals surface area (Å²) < 4.78 is 5.07. The molecule has 178 valence electrons. The van der Waals surface area contributed by atoms with E-state index in [0.29, 0.717) is 31.2 Å². The van der Waals surface area contributed by atoms with E-state index < -0.39 is 0 Å². The molecule has 0 N–H and O–H groups in total. The minimum absolute atomic E-state index is 0.0496. The quantitative estimate of drug-likeness (QED) is 0.659. The first-order valence-electron chi connectivity index (χ1n) is 11.6. The second-order valence-corrected chi connectivity index (χ2v) is 9.27. The molecule has 4 rings (SSSR count). The molecule has 0 aromatic heterocycles. The smallest absolute Gasteiger partial charge is 0.410 e. The van der Waals surface area contributed by atoms with Crippen molar-refractivity contribution in [2.45, 2.75) is 25.3 Å². The summed E-state index contributed by atoms with van der Waals surface area (Å²) in [5, 5.41) is 7.15. The average Bonchev–Trinajstić information content (AvgIpc) is 3.30. The molecule has 1 aromatic carbocycles. The summed E-state index contributed by atoms with van der Waals surface area (Å²) >= 11 is 6.05. The molecule has 0 spiro atoms. The maximum absolute atomic E-state index is 13.4. The second-order valence-electron chi connectivity index (χ2n) is 8.83. The Kier molecular flexibility index (Phi) is 7.42. The van der Waals surface area contributed by atoms with Gasteiger partial charge in [0, 0.05) is 44.8 Å². The van der Waals surface area contributed by atoms with Crippen molar-refractivity contribution in [3.63, 3.8) is 0 Å². The molecule has 9 heteroatoms. The number of hydrogen-bond acceptors (Lipinski definition) is 6. The van der Waals surface area contributed by atoms with Crippen molar-refractivity contribution in [1.82, 2.24) is 19.7 Å². The zero-order valence-corrected chi connectivity index (χ0v) is 20.1. The summed E-state index contributed by atoms with van der Waals surface area (Å²) in [7, 11) is 3.35. The highest BCUT2D eigenvalue weighted by molar-refractivity contribution is 6.30. The summed E-state index contributed by atoms with van der Waals surface area (Å²) in [5.41, 5.74) is 1.03. The van der Waals surface area contributed by atoms with Crippen LogP contribution >= 0.6 is 11.6 Å². The third-order valence-corrected chi connectivity index (χ3v) is 6.89. The Labute approximate surface area is 200 Å². The number of likely N-dealkylation sites (tertiary alicyclic amines) is 1. The molecule has 2 unspecified atom stereocenters. The van der Waals surface area contributed by atoms with E-state index in [1.54, 1.807) is 4.90 Å². The molecule has 0 saturated carbocycles. The van der Waals surface area contributed by atoms with Gasteiger partial charge in [-0.2, -0.15) is 5.10 Å². The normalized spacial score (nSPS) is 23.8. The van der Waals surface area contributed by atoms with Crippen LogP contribution in [0.25, 0.3) is 0 Å². The molecule has 8 nitrogen and oxygen atoms in total. The lowest BCUT2D eigenvalue weighted by Gasteiger charge is -2.37. The third kappa shape index (κ3) is 5.43. The molecule has 0 radical (unpaired) electrons. The Morgan fingerprint density at radius 2 is 1.88 bits per heavy atom. The van der Waals surface area contributed by atoms with Crippen LogP contribution in [-0.2, 0) is 9.53 Å². The van der Waals surface area contributed by atoms with Gasteiger partial charge >= 0.3 is 6.09 Å². The van der Waals surface area contributed by atoms with E-state index in [0.717, 1.165) is 43.8 Å². The van der Waals surface area contributed by atoms with E-state index in [4.69, 9.17) is 16.3 Å². The Hall–Kier alpha value is -2.74. The van der Waals surface area contributed by atoms with Crippen LogP contribution in [0.5, 0.6) is 0 Å². The van der Waals surface area contributed by atoms with Crippen LogP contribution in [0, 0.1) is 5.92 Å². The van der Waals surface area contributed by atoms with E-state index in [-0.39, 0.29) is 24.0 Å². The predicted molar refractivity (Wildman–Crippen MR) is 128 cm³/mol. The lowest BCUT2D eigenvalue weighted by molar-refractivity contribution is -0.135. The van der Waals surface area contributed by atoms with E-state index in [1.807, 2.05) is 47.3 Å². The zero-order chi connectivity index (χ0) is 23.4. The van der Waals surface area contributed by atoms with E-state index in [1.165, 1.54) is 7.11 Å².